The molecule has 1 aromatic heterocycles. The van der Waals surface area contributed by atoms with E-state index in [1.807, 2.05) is 0 Å². The molecule has 92 valence electrons. The molecule has 1 aromatic rings. The number of alkyl halides is 3. The van der Waals surface area contributed by atoms with Crippen LogP contribution in [0.4, 0.5) is 13.2 Å². The third kappa shape index (κ3) is 6.11. The molecule has 10 heteroatoms. The highest BCUT2D eigenvalue weighted by molar-refractivity contribution is 7.86. The minimum atomic E-state index is -6.09. The zero-order chi connectivity index (χ0) is 13.0. The van der Waals surface area contributed by atoms with Gasteiger partial charge in [0.15, 0.2) is 10.1 Å². The fraction of sp³-hybridized carbons (Fsp3) is 0.167. The number of pyridine rings is 1. The third-order valence-corrected chi connectivity index (χ3v) is 2.02. The van der Waals surface area contributed by atoms with Crippen molar-refractivity contribution in [2.75, 3.05) is 0 Å². The summed E-state index contributed by atoms with van der Waals surface area (Å²) in [5.41, 5.74) is -5.65. The third-order valence-electron chi connectivity index (χ3n) is 1.01. The Morgan fingerprint density at radius 3 is 1.62 bits per heavy atom. The first-order valence-corrected chi connectivity index (χ1v) is 5.56. The normalized spacial score (nSPS) is 11.6. The SMILES string of the molecule is Clc1cccc(Cl)[nH+]1.O=S(=O)([O-])C(F)(F)F. The van der Waals surface area contributed by atoms with E-state index in [0.29, 0.717) is 10.3 Å². The van der Waals surface area contributed by atoms with Gasteiger partial charge in [0.05, 0.1) is 0 Å². The highest BCUT2D eigenvalue weighted by Gasteiger charge is 2.36. The molecule has 0 unspecified atom stereocenters. The lowest BCUT2D eigenvalue weighted by Crippen LogP contribution is -2.21. The molecular formula is C6H4Cl2F3NO3S. The Labute approximate surface area is 98.8 Å². The molecule has 16 heavy (non-hydrogen) atoms. The Kier molecular flexibility index (Phi) is 5.47. The molecule has 0 spiro atoms. The number of aromatic nitrogens is 1. The first kappa shape index (κ1) is 15.4. The smallest absolute Gasteiger partial charge is 0.485 e. The largest absolute Gasteiger partial charge is 0.741 e. The second-order valence-electron chi connectivity index (χ2n) is 2.25. The number of aromatic amines is 1. The molecule has 0 bridgehead atoms. The van der Waals surface area contributed by atoms with Gasteiger partial charge < -0.3 is 4.55 Å². The van der Waals surface area contributed by atoms with Crippen LogP contribution < -0.4 is 4.98 Å². The summed E-state index contributed by atoms with van der Waals surface area (Å²) in [6.45, 7) is 0. The van der Waals surface area contributed by atoms with Crippen molar-refractivity contribution < 1.29 is 31.1 Å². The van der Waals surface area contributed by atoms with Gasteiger partial charge in [-0.05, 0) is 29.3 Å². The Morgan fingerprint density at radius 1 is 1.19 bits per heavy atom. The Balaban J connectivity index is 0.000000281. The van der Waals surface area contributed by atoms with E-state index < -0.39 is 15.6 Å². The average Bonchev–Trinajstić information content (AvgIpc) is 2.00. The summed E-state index contributed by atoms with van der Waals surface area (Å²) in [5.74, 6) is 0. The van der Waals surface area contributed by atoms with Gasteiger partial charge in [0.25, 0.3) is 10.3 Å². The van der Waals surface area contributed by atoms with Gasteiger partial charge in [-0.2, -0.15) is 18.2 Å². The molecule has 4 nitrogen and oxygen atoms in total. The minimum Gasteiger partial charge on any atom is -0.741 e. The lowest BCUT2D eigenvalue weighted by molar-refractivity contribution is -0.372. The van der Waals surface area contributed by atoms with Crippen LogP contribution in [0.3, 0.4) is 0 Å². The van der Waals surface area contributed by atoms with Gasteiger partial charge in [0, 0.05) is 12.1 Å². The quantitative estimate of drug-likeness (QED) is 0.417. The van der Waals surface area contributed by atoms with Gasteiger partial charge in [-0.25, -0.2) is 8.42 Å². The van der Waals surface area contributed by atoms with E-state index in [-0.39, 0.29) is 0 Å². The van der Waals surface area contributed by atoms with E-state index in [9.17, 15) is 13.2 Å². The molecule has 0 aliphatic rings. The van der Waals surface area contributed by atoms with E-state index in [2.05, 4.69) is 4.98 Å². The summed E-state index contributed by atoms with van der Waals surface area (Å²) in [6, 6.07) is 5.24. The van der Waals surface area contributed by atoms with Crippen LogP contribution in [0, 0.1) is 0 Å². The molecule has 0 aliphatic carbocycles. The maximum absolute atomic E-state index is 10.7. The van der Waals surface area contributed by atoms with Gasteiger partial charge in [-0.3, -0.25) is 0 Å². The summed E-state index contributed by atoms with van der Waals surface area (Å²) in [5, 5.41) is 1.11. The van der Waals surface area contributed by atoms with Crippen LogP contribution in [0.25, 0.3) is 0 Å². The van der Waals surface area contributed by atoms with Gasteiger partial charge in [-0.1, -0.05) is 0 Å². The van der Waals surface area contributed by atoms with Crippen molar-refractivity contribution in [1.29, 1.82) is 0 Å². The summed E-state index contributed by atoms with van der Waals surface area (Å²) < 4.78 is 58.9. The molecule has 1 N–H and O–H groups in total. The van der Waals surface area contributed by atoms with Gasteiger partial charge in [0.1, 0.15) is 0 Å². The van der Waals surface area contributed by atoms with Crippen LogP contribution in [-0.4, -0.2) is 18.5 Å². The zero-order valence-corrected chi connectivity index (χ0v) is 9.58. The Hall–Kier alpha value is -0.570. The topological polar surface area (TPSA) is 71.3 Å². The Morgan fingerprint density at radius 2 is 1.50 bits per heavy atom. The molecule has 0 amide bonds. The first-order chi connectivity index (χ1) is 7.04. The monoisotopic (exact) mass is 297 g/mol. The molecule has 0 saturated heterocycles. The summed E-state index contributed by atoms with van der Waals surface area (Å²) in [7, 11) is -6.09. The van der Waals surface area contributed by atoms with E-state index in [1.165, 1.54) is 0 Å². The van der Waals surface area contributed by atoms with Crippen LogP contribution in [0.2, 0.25) is 10.3 Å². The number of hydrogen-bond donors (Lipinski definition) is 0. The van der Waals surface area contributed by atoms with E-state index in [4.69, 9.17) is 36.2 Å². The van der Waals surface area contributed by atoms with Crippen molar-refractivity contribution in [2.24, 2.45) is 0 Å². The highest BCUT2D eigenvalue weighted by Crippen LogP contribution is 2.20. The van der Waals surface area contributed by atoms with Gasteiger partial charge in [0.2, 0.25) is 0 Å². The molecule has 0 saturated carbocycles. The molecular weight excluding hydrogens is 294 g/mol. The van der Waals surface area contributed by atoms with Crippen molar-refractivity contribution in [3.05, 3.63) is 28.5 Å². The number of rotatable bonds is 0. The molecule has 0 atom stereocenters. The molecule has 0 fully saturated rings. The highest BCUT2D eigenvalue weighted by atomic mass is 35.5. The fourth-order valence-corrected chi connectivity index (χ4v) is 0.812. The first-order valence-electron chi connectivity index (χ1n) is 3.39. The zero-order valence-electron chi connectivity index (χ0n) is 7.25. The van der Waals surface area contributed by atoms with Crippen molar-refractivity contribution in [3.8, 4) is 0 Å². The predicted octanol–water partition coefficient (Wildman–Crippen LogP) is 1.86. The standard InChI is InChI=1S/C5H3Cl2N.CHF3O3S/c6-4-2-1-3-5(7)8-4;2-1(3,4)8(5,6)7/h1-3H;(H,5,6,7). The van der Waals surface area contributed by atoms with Crippen molar-refractivity contribution in [2.45, 2.75) is 5.51 Å². The molecule has 0 radical (unpaired) electrons. The number of H-pyrrole nitrogens is 1. The second kappa shape index (κ2) is 5.67. The molecule has 1 heterocycles. The van der Waals surface area contributed by atoms with Crippen molar-refractivity contribution >= 4 is 33.3 Å². The van der Waals surface area contributed by atoms with Gasteiger partial charge in [-0.15, -0.1) is 0 Å². The number of hydrogen-bond acceptors (Lipinski definition) is 3. The number of halogens is 5. The summed E-state index contributed by atoms with van der Waals surface area (Å²) in [6.07, 6.45) is 0. The van der Waals surface area contributed by atoms with Crippen LogP contribution in [0.15, 0.2) is 18.2 Å². The van der Waals surface area contributed by atoms with Crippen molar-refractivity contribution in [3.63, 3.8) is 0 Å². The Bertz CT molecular complexity index is 431. The van der Waals surface area contributed by atoms with Crippen LogP contribution in [-0.2, 0) is 10.1 Å². The second-order valence-corrected chi connectivity index (χ2v) is 4.43. The number of nitrogens with one attached hydrogen (secondary N) is 1. The summed E-state index contributed by atoms with van der Waals surface area (Å²) >= 11 is 11.0. The van der Waals surface area contributed by atoms with Crippen LogP contribution in [0.5, 0.6) is 0 Å². The molecule has 1 rings (SSSR count). The molecule has 0 aliphatic heterocycles. The minimum absolute atomic E-state index is 0.553. The van der Waals surface area contributed by atoms with E-state index in [0.717, 1.165) is 0 Å². The van der Waals surface area contributed by atoms with Crippen LogP contribution in [0.1, 0.15) is 0 Å². The lowest BCUT2D eigenvalue weighted by Gasteiger charge is -2.08. The lowest BCUT2D eigenvalue weighted by atomic mass is 10.5. The molecule has 0 aromatic carbocycles. The van der Waals surface area contributed by atoms with E-state index in [1.54, 1.807) is 18.2 Å². The maximum Gasteiger partial charge on any atom is 0.485 e. The fourth-order valence-electron chi connectivity index (χ4n) is 0.414. The summed E-state index contributed by atoms with van der Waals surface area (Å²) in [4.78, 5) is 2.70. The van der Waals surface area contributed by atoms with Gasteiger partial charge >= 0.3 is 5.51 Å². The van der Waals surface area contributed by atoms with Crippen molar-refractivity contribution in [1.82, 2.24) is 0 Å². The predicted molar refractivity (Wildman–Crippen MR) is 48.8 cm³/mol. The van der Waals surface area contributed by atoms with Crippen LogP contribution >= 0.6 is 23.2 Å². The average molecular weight is 298 g/mol. The maximum atomic E-state index is 10.7. The van der Waals surface area contributed by atoms with E-state index >= 15 is 0 Å².